The Labute approximate surface area is 221 Å². The lowest BCUT2D eigenvalue weighted by Gasteiger charge is -2.29. The maximum Gasteiger partial charge on any atom is 0.410 e. The number of hydrogen-bond acceptors (Lipinski definition) is 7. The molecule has 0 N–H and O–H groups in total. The van der Waals surface area contributed by atoms with E-state index in [9.17, 15) is 9.59 Å². The van der Waals surface area contributed by atoms with Crippen molar-refractivity contribution in [1.29, 1.82) is 0 Å². The van der Waals surface area contributed by atoms with Crippen molar-refractivity contribution in [2.75, 3.05) is 20.8 Å². The van der Waals surface area contributed by atoms with E-state index in [0.717, 1.165) is 4.70 Å². The molecule has 1 unspecified atom stereocenters. The van der Waals surface area contributed by atoms with E-state index in [-0.39, 0.29) is 22.4 Å². The minimum absolute atomic E-state index is 0.00950. The molecule has 0 radical (unpaired) electrons. The van der Waals surface area contributed by atoms with Crippen LogP contribution in [0, 0.1) is 11.6 Å². The number of hydrogen-bond donors (Lipinski definition) is 0. The van der Waals surface area contributed by atoms with Crippen LogP contribution in [0.1, 0.15) is 55.6 Å². The average molecular weight is 544 g/mol. The van der Waals surface area contributed by atoms with Crippen LogP contribution in [-0.2, 0) is 9.47 Å². The molecule has 4 aromatic rings. The first-order valence-corrected chi connectivity index (χ1v) is 12.9. The Kier molecular flexibility index (Phi) is 6.50. The summed E-state index contributed by atoms with van der Waals surface area (Å²) >= 11 is 1.29. The monoisotopic (exact) mass is 543 g/mol. The Morgan fingerprint density at radius 3 is 2.58 bits per heavy atom. The van der Waals surface area contributed by atoms with Crippen LogP contribution in [0.3, 0.4) is 0 Å². The van der Waals surface area contributed by atoms with Crippen molar-refractivity contribution in [2.24, 2.45) is 0 Å². The molecule has 2 aromatic heterocycles. The van der Waals surface area contributed by atoms with Crippen LogP contribution in [-0.4, -0.2) is 52.7 Å². The summed E-state index contributed by atoms with van der Waals surface area (Å²) in [7, 11) is 2.74. The Balaban J connectivity index is 1.51. The smallest absolute Gasteiger partial charge is 0.410 e. The van der Waals surface area contributed by atoms with Gasteiger partial charge in [0, 0.05) is 29.9 Å². The van der Waals surface area contributed by atoms with Gasteiger partial charge in [0.1, 0.15) is 16.9 Å². The number of carbonyl (C=O) groups is 2. The van der Waals surface area contributed by atoms with Crippen LogP contribution >= 0.6 is 11.3 Å². The van der Waals surface area contributed by atoms with Gasteiger partial charge < -0.3 is 19.1 Å². The predicted octanol–water partition coefficient (Wildman–Crippen LogP) is 6.36. The number of imidazole rings is 1. The van der Waals surface area contributed by atoms with Gasteiger partial charge >= 0.3 is 12.1 Å². The maximum absolute atomic E-state index is 15.4. The van der Waals surface area contributed by atoms with Gasteiger partial charge in [0.15, 0.2) is 16.6 Å². The third-order valence-corrected chi connectivity index (χ3v) is 7.47. The van der Waals surface area contributed by atoms with Gasteiger partial charge in [-0.25, -0.2) is 23.4 Å². The highest BCUT2D eigenvalue weighted by atomic mass is 32.1. The number of fused-ring (bicyclic) bond motifs is 3. The van der Waals surface area contributed by atoms with Crippen molar-refractivity contribution in [1.82, 2.24) is 14.3 Å². The zero-order chi connectivity index (χ0) is 27.4. The number of esters is 1. The number of amides is 1. The van der Waals surface area contributed by atoms with E-state index in [1.54, 1.807) is 43.5 Å². The Morgan fingerprint density at radius 2 is 1.89 bits per heavy atom. The topological polar surface area (TPSA) is 82.4 Å². The molecule has 1 atom stereocenters. The molecule has 5 rings (SSSR count). The predicted molar refractivity (Wildman–Crippen MR) is 139 cm³/mol. The molecule has 0 bridgehead atoms. The van der Waals surface area contributed by atoms with Crippen LogP contribution in [0.25, 0.3) is 26.4 Å². The summed E-state index contributed by atoms with van der Waals surface area (Å²) in [6.07, 6.45) is 2.25. The van der Waals surface area contributed by atoms with Gasteiger partial charge in [-0.1, -0.05) is 17.4 Å². The van der Waals surface area contributed by atoms with Gasteiger partial charge in [-0.3, -0.25) is 4.40 Å². The molecule has 0 aliphatic carbocycles. The minimum Gasteiger partial charge on any atom is -0.496 e. The normalized spacial score (nSPS) is 15.9. The molecule has 1 aliphatic rings. The molecule has 2 aromatic carbocycles. The molecule has 0 spiro atoms. The second-order valence-corrected chi connectivity index (χ2v) is 11.1. The van der Waals surface area contributed by atoms with Crippen LogP contribution in [0.2, 0.25) is 0 Å². The highest BCUT2D eigenvalue weighted by molar-refractivity contribution is 7.23. The Bertz CT molecular complexity index is 1570. The summed E-state index contributed by atoms with van der Waals surface area (Å²) in [6, 6.07) is 5.73. The molecule has 11 heteroatoms. The third kappa shape index (κ3) is 4.44. The molecular weight excluding hydrogens is 516 g/mol. The average Bonchev–Trinajstić information content (AvgIpc) is 3.58. The molecule has 3 heterocycles. The maximum atomic E-state index is 15.4. The molecule has 38 heavy (non-hydrogen) atoms. The molecule has 0 saturated carbocycles. The van der Waals surface area contributed by atoms with Crippen LogP contribution in [0.15, 0.2) is 30.5 Å². The number of methoxy groups -OCH3 is 2. The highest BCUT2D eigenvalue weighted by Crippen LogP contribution is 2.39. The lowest BCUT2D eigenvalue weighted by molar-refractivity contribution is 0.0221. The molecule has 200 valence electrons. The second kappa shape index (κ2) is 9.54. The molecule has 8 nitrogen and oxygen atoms in total. The first kappa shape index (κ1) is 25.9. The van der Waals surface area contributed by atoms with Gasteiger partial charge in [-0.2, -0.15) is 0 Å². The van der Waals surface area contributed by atoms with Gasteiger partial charge in [0.25, 0.3) is 0 Å². The lowest BCUT2D eigenvalue weighted by atomic mass is 10.0. The standard InChI is InChI=1S/C27H27F2N3O5S/c1-27(2,3)37-26(34)31-10-6-7-18(31)15-9-8-14(22(28)23(15)29)17-13-32-19-12-20(35-4)16(24(33)36-5)11-21(19)38-25(32)30-17/h8-9,11-13,18H,6-7,10H2,1-5H3. The lowest BCUT2D eigenvalue weighted by Crippen LogP contribution is -2.36. The Morgan fingerprint density at radius 1 is 1.13 bits per heavy atom. The fourth-order valence-corrected chi connectivity index (χ4v) is 5.77. The summed E-state index contributed by atoms with van der Waals surface area (Å²) in [5.41, 5.74) is 0.665. The van der Waals surface area contributed by atoms with Crippen LogP contribution < -0.4 is 4.74 Å². The van der Waals surface area contributed by atoms with E-state index >= 15 is 8.78 Å². The number of benzene rings is 2. The fourth-order valence-electron chi connectivity index (χ4n) is 4.74. The molecule has 1 saturated heterocycles. The number of thiazole rings is 1. The number of halogens is 2. The van der Waals surface area contributed by atoms with Crippen LogP contribution in [0.5, 0.6) is 5.75 Å². The van der Waals surface area contributed by atoms with Crippen molar-refractivity contribution in [3.63, 3.8) is 0 Å². The number of ether oxygens (including phenoxy) is 3. The largest absolute Gasteiger partial charge is 0.496 e. The second-order valence-electron chi connectivity index (χ2n) is 10.1. The van der Waals surface area contributed by atoms with Crippen molar-refractivity contribution in [3.05, 3.63) is 53.2 Å². The fraction of sp³-hybridized carbons (Fsp3) is 0.370. The van der Waals surface area contributed by atoms with Crippen LogP contribution in [0.4, 0.5) is 13.6 Å². The molecule has 1 amide bonds. The van der Waals surface area contributed by atoms with Crippen molar-refractivity contribution in [3.8, 4) is 17.0 Å². The van der Waals surface area contributed by atoms with Gasteiger partial charge in [0.2, 0.25) is 0 Å². The van der Waals surface area contributed by atoms with Gasteiger partial charge in [-0.05, 0) is 45.7 Å². The number of aromatic nitrogens is 2. The molecular formula is C27H27F2N3O5S. The van der Waals surface area contributed by atoms with E-state index in [0.29, 0.717) is 35.6 Å². The van der Waals surface area contributed by atoms with Gasteiger partial charge in [-0.15, -0.1) is 0 Å². The Hall–Kier alpha value is -3.73. The first-order valence-electron chi connectivity index (χ1n) is 12.1. The summed E-state index contributed by atoms with van der Waals surface area (Å²) in [5.74, 6) is -2.24. The summed E-state index contributed by atoms with van der Waals surface area (Å²) < 4.78 is 49.0. The van der Waals surface area contributed by atoms with Gasteiger partial charge in [0.05, 0.1) is 36.2 Å². The number of rotatable bonds is 4. The summed E-state index contributed by atoms with van der Waals surface area (Å²) in [4.78, 5) is 31.3. The number of carbonyl (C=O) groups excluding carboxylic acids is 2. The van der Waals surface area contributed by atoms with E-state index < -0.39 is 35.3 Å². The minimum atomic E-state index is -1.03. The highest BCUT2D eigenvalue weighted by Gasteiger charge is 2.35. The quantitative estimate of drug-likeness (QED) is 0.279. The van der Waals surface area contributed by atoms with E-state index in [4.69, 9.17) is 14.2 Å². The van der Waals surface area contributed by atoms with Crippen molar-refractivity contribution >= 4 is 38.6 Å². The van der Waals surface area contributed by atoms with Crippen molar-refractivity contribution < 1.29 is 32.6 Å². The van der Waals surface area contributed by atoms with E-state index in [1.165, 1.54) is 42.6 Å². The zero-order valence-corrected chi connectivity index (χ0v) is 22.4. The molecule has 1 fully saturated rings. The SMILES string of the molecule is COC(=O)c1cc2sc3nc(-c4ccc(C5CCCN5C(=O)OC(C)(C)C)c(F)c4F)cn3c2cc1OC. The molecule has 1 aliphatic heterocycles. The zero-order valence-electron chi connectivity index (χ0n) is 21.6. The summed E-state index contributed by atoms with van der Waals surface area (Å²) in [5, 5.41) is 0. The van der Waals surface area contributed by atoms with Crippen molar-refractivity contribution in [2.45, 2.75) is 45.3 Å². The number of likely N-dealkylation sites (tertiary alicyclic amines) is 1. The van der Waals surface area contributed by atoms with E-state index in [2.05, 4.69) is 4.98 Å². The first-order chi connectivity index (χ1) is 18.0. The third-order valence-electron chi connectivity index (χ3n) is 6.45. The van der Waals surface area contributed by atoms with E-state index in [1.807, 2.05) is 0 Å². The summed E-state index contributed by atoms with van der Waals surface area (Å²) in [6.45, 7) is 5.70. The number of nitrogens with zero attached hydrogens (tertiary/aromatic N) is 3.